The van der Waals surface area contributed by atoms with Crippen LogP contribution < -0.4 is 10.6 Å². The molecule has 0 saturated heterocycles. The molecule has 2 N–H and O–H groups in total. The van der Waals surface area contributed by atoms with Gasteiger partial charge in [0, 0.05) is 16.6 Å². The Kier molecular flexibility index (Phi) is 4.77. The van der Waals surface area contributed by atoms with Crippen LogP contribution in [0.1, 0.15) is 24.4 Å². The number of hydrogen-bond donors (Lipinski definition) is 2. The first-order valence-corrected chi connectivity index (χ1v) is 9.20. The SMILES string of the molecule is O=C(Nc1cccc2cccnc12)C(=O)N[C@H](c1ccc(Cl)cc1)C1CC1. The number of anilines is 1. The van der Waals surface area contributed by atoms with E-state index in [1.807, 2.05) is 36.4 Å². The monoisotopic (exact) mass is 379 g/mol. The second-order valence-corrected chi connectivity index (χ2v) is 7.11. The van der Waals surface area contributed by atoms with Gasteiger partial charge in [-0.25, -0.2) is 0 Å². The van der Waals surface area contributed by atoms with Gasteiger partial charge in [0.25, 0.3) is 0 Å². The van der Waals surface area contributed by atoms with E-state index in [4.69, 9.17) is 11.6 Å². The molecule has 0 spiro atoms. The zero-order valence-electron chi connectivity index (χ0n) is 14.5. The van der Waals surface area contributed by atoms with Gasteiger partial charge < -0.3 is 10.6 Å². The molecule has 6 heteroatoms. The Labute approximate surface area is 161 Å². The van der Waals surface area contributed by atoms with Gasteiger partial charge in [0.05, 0.1) is 17.2 Å². The Balaban J connectivity index is 1.50. The summed E-state index contributed by atoms with van der Waals surface area (Å²) in [7, 11) is 0. The molecule has 1 aromatic heterocycles. The van der Waals surface area contributed by atoms with E-state index in [1.54, 1.807) is 24.4 Å². The smallest absolute Gasteiger partial charge is 0.313 e. The molecular formula is C21H18ClN3O2. The van der Waals surface area contributed by atoms with Crippen molar-refractivity contribution < 1.29 is 9.59 Å². The fraction of sp³-hybridized carbons (Fsp3) is 0.190. The standard InChI is InChI=1S/C21H18ClN3O2/c22-16-10-8-15(9-11-16)18(14-6-7-14)25-21(27)20(26)24-17-5-1-3-13-4-2-12-23-19(13)17/h1-5,8-12,14,18H,6-7H2,(H,24,26)(H,25,27)/t18-/m0/s1. The van der Waals surface area contributed by atoms with Crippen molar-refractivity contribution >= 4 is 40.0 Å². The second-order valence-electron chi connectivity index (χ2n) is 6.67. The molecule has 0 radical (unpaired) electrons. The van der Waals surface area contributed by atoms with Crippen molar-refractivity contribution in [3.63, 3.8) is 0 Å². The first-order chi connectivity index (χ1) is 13.1. The predicted molar refractivity (Wildman–Crippen MR) is 105 cm³/mol. The number of halogens is 1. The van der Waals surface area contributed by atoms with E-state index in [9.17, 15) is 9.59 Å². The molecule has 0 unspecified atom stereocenters. The van der Waals surface area contributed by atoms with Gasteiger partial charge in [0.15, 0.2) is 0 Å². The van der Waals surface area contributed by atoms with E-state index in [2.05, 4.69) is 15.6 Å². The first-order valence-electron chi connectivity index (χ1n) is 8.83. The third-order valence-corrected chi connectivity index (χ3v) is 4.95. The number of rotatable bonds is 4. The third kappa shape index (κ3) is 3.93. The number of carbonyl (C=O) groups is 2. The summed E-state index contributed by atoms with van der Waals surface area (Å²) in [4.78, 5) is 29.2. The van der Waals surface area contributed by atoms with Crippen molar-refractivity contribution in [2.24, 2.45) is 5.92 Å². The average Bonchev–Trinajstić information content (AvgIpc) is 3.52. The normalized spacial score (nSPS) is 14.6. The molecule has 1 fully saturated rings. The van der Waals surface area contributed by atoms with Crippen molar-refractivity contribution in [1.29, 1.82) is 0 Å². The zero-order valence-corrected chi connectivity index (χ0v) is 15.2. The van der Waals surface area contributed by atoms with Crippen LogP contribution in [0.4, 0.5) is 5.69 Å². The van der Waals surface area contributed by atoms with Crippen LogP contribution in [-0.4, -0.2) is 16.8 Å². The van der Waals surface area contributed by atoms with Crippen LogP contribution in [0, 0.1) is 5.92 Å². The van der Waals surface area contributed by atoms with Crippen molar-refractivity contribution in [2.45, 2.75) is 18.9 Å². The molecule has 1 saturated carbocycles. The topological polar surface area (TPSA) is 71.1 Å². The Hall–Kier alpha value is -2.92. The largest absolute Gasteiger partial charge is 0.341 e. The molecule has 1 atom stereocenters. The maximum atomic E-state index is 12.5. The minimum absolute atomic E-state index is 0.189. The number of nitrogens with one attached hydrogen (secondary N) is 2. The summed E-state index contributed by atoms with van der Waals surface area (Å²) in [6.07, 6.45) is 3.71. The van der Waals surface area contributed by atoms with Crippen molar-refractivity contribution in [1.82, 2.24) is 10.3 Å². The lowest BCUT2D eigenvalue weighted by atomic mass is 10.0. The molecular weight excluding hydrogens is 362 g/mol. The number of pyridine rings is 1. The summed E-state index contributed by atoms with van der Waals surface area (Å²) < 4.78 is 0. The van der Waals surface area contributed by atoms with Gasteiger partial charge in [0.2, 0.25) is 0 Å². The van der Waals surface area contributed by atoms with E-state index in [0.717, 1.165) is 23.8 Å². The summed E-state index contributed by atoms with van der Waals surface area (Å²) in [5, 5.41) is 7.08. The minimum atomic E-state index is -0.701. The molecule has 4 rings (SSSR count). The number of amides is 2. The van der Waals surface area contributed by atoms with E-state index in [-0.39, 0.29) is 6.04 Å². The average molecular weight is 380 g/mol. The minimum Gasteiger partial charge on any atom is -0.341 e. The molecule has 3 aromatic rings. The van der Waals surface area contributed by atoms with Crippen LogP contribution in [0.2, 0.25) is 5.02 Å². The Bertz CT molecular complexity index is 994. The van der Waals surface area contributed by atoms with Crippen LogP contribution in [0.3, 0.4) is 0 Å². The Morgan fingerprint density at radius 3 is 2.48 bits per heavy atom. The summed E-state index contributed by atoms with van der Waals surface area (Å²) in [5.74, 6) is -1.01. The Morgan fingerprint density at radius 2 is 1.74 bits per heavy atom. The molecule has 0 aliphatic heterocycles. The number of benzene rings is 2. The molecule has 27 heavy (non-hydrogen) atoms. The highest BCUT2D eigenvalue weighted by atomic mass is 35.5. The highest BCUT2D eigenvalue weighted by molar-refractivity contribution is 6.40. The van der Waals surface area contributed by atoms with Gasteiger partial charge in [0.1, 0.15) is 0 Å². The zero-order chi connectivity index (χ0) is 18.8. The van der Waals surface area contributed by atoms with Crippen LogP contribution >= 0.6 is 11.6 Å². The summed E-state index contributed by atoms with van der Waals surface area (Å²) >= 11 is 5.95. The number of aromatic nitrogens is 1. The van der Waals surface area contributed by atoms with E-state index >= 15 is 0 Å². The predicted octanol–water partition coefficient (Wildman–Crippen LogP) is 4.09. The fourth-order valence-corrected chi connectivity index (χ4v) is 3.29. The third-order valence-electron chi connectivity index (χ3n) is 4.70. The van der Waals surface area contributed by atoms with Gasteiger partial charge in [-0.2, -0.15) is 0 Å². The molecule has 0 bridgehead atoms. The highest BCUT2D eigenvalue weighted by Crippen LogP contribution is 2.41. The summed E-state index contributed by atoms with van der Waals surface area (Å²) in [6, 6.07) is 16.4. The Morgan fingerprint density at radius 1 is 1.00 bits per heavy atom. The maximum absolute atomic E-state index is 12.5. The van der Waals surface area contributed by atoms with Crippen LogP contribution in [0.5, 0.6) is 0 Å². The van der Waals surface area contributed by atoms with Crippen LogP contribution in [0.15, 0.2) is 60.8 Å². The lowest BCUT2D eigenvalue weighted by molar-refractivity contribution is -0.136. The van der Waals surface area contributed by atoms with E-state index < -0.39 is 11.8 Å². The van der Waals surface area contributed by atoms with E-state index in [0.29, 0.717) is 22.1 Å². The van der Waals surface area contributed by atoms with Crippen LogP contribution in [-0.2, 0) is 9.59 Å². The van der Waals surface area contributed by atoms with Crippen molar-refractivity contribution in [3.05, 3.63) is 71.4 Å². The van der Waals surface area contributed by atoms with Gasteiger partial charge >= 0.3 is 11.8 Å². The molecule has 1 aliphatic carbocycles. The molecule has 136 valence electrons. The van der Waals surface area contributed by atoms with E-state index in [1.165, 1.54) is 0 Å². The molecule has 2 aromatic carbocycles. The molecule has 2 amide bonds. The number of fused-ring (bicyclic) bond motifs is 1. The lowest BCUT2D eigenvalue weighted by Crippen LogP contribution is -2.38. The quantitative estimate of drug-likeness (QED) is 0.670. The maximum Gasteiger partial charge on any atom is 0.313 e. The second kappa shape index (κ2) is 7.37. The molecule has 5 nitrogen and oxygen atoms in total. The van der Waals surface area contributed by atoms with Gasteiger partial charge in [-0.15, -0.1) is 0 Å². The van der Waals surface area contributed by atoms with Gasteiger partial charge in [-0.05, 0) is 48.6 Å². The number of nitrogens with zero attached hydrogens (tertiary/aromatic N) is 1. The van der Waals surface area contributed by atoms with Crippen LogP contribution in [0.25, 0.3) is 10.9 Å². The number of para-hydroxylation sites is 1. The van der Waals surface area contributed by atoms with Gasteiger partial charge in [-0.1, -0.05) is 41.9 Å². The number of hydrogen-bond acceptors (Lipinski definition) is 3. The van der Waals surface area contributed by atoms with Gasteiger partial charge in [-0.3, -0.25) is 14.6 Å². The highest BCUT2D eigenvalue weighted by Gasteiger charge is 2.34. The lowest BCUT2D eigenvalue weighted by Gasteiger charge is -2.18. The first kappa shape index (κ1) is 17.5. The summed E-state index contributed by atoms with van der Waals surface area (Å²) in [5.41, 5.74) is 2.12. The molecule has 1 heterocycles. The summed E-state index contributed by atoms with van der Waals surface area (Å²) in [6.45, 7) is 0. The number of carbonyl (C=O) groups excluding carboxylic acids is 2. The molecule has 1 aliphatic rings. The van der Waals surface area contributed by atoms with Crippen molar-refractivity contribution in [3.8, 4) is 0 Å². The van der Waals surface area contributed by atoms with Crippen molar-refractivity contribution in [2.75, 3.05) is 5.32 Å². The fourth-order valence-electron chi connectivity index (χ4n) is 3.16.